The van der Waals surface area contributed by atoms with Crippen LogP contribution in [0, 0.1) is 20.8 Å². The van der Waals surface area contributed by atoms with E-state index in [0.29, 0.717) is 11.5 Å². The summed E-state index contributed by atoms with van der Waals surface area (Å²) in [6, 6.07) is 9.39. The second kappa shape index (κ2) is 9.75. The number of carbonyl (C=O) groups is 2. The molecule has 0 aliphatic carbocycles. The zero-order valence-corrected chi connectivity index (χ0v) is 18.4. The van der Waals surface area contributed by atoms with Gasteiger partial charge in [-0.15, -0.1) is 0 Å². The van der Waals surface area contributed by atoms with E-state index >= 15 is 0 Å². The fourth-order valence-corrected chi connectivity index (χ4v) is 3.94. The average molecular weight is 500 g/mol. The maximum absolute atomic E-state index is 11.9. The highest BCUT2D eigenvalue weighted by Crippen LogP contribution is 2.32. The van der Waals surface area contributed by atoms with Crippen molar-refractivity contribution in [3.63, 3.8) is 0 Å². The standard InChI is InChI=1S/C19H20Br2N2O4/c1-11-4-12(2)6-15(5-11)26-9-17(24)22-23-18(25)10-27-19-13(3)7-14(20)8-16(19)21/h4-8H,9-10H2,1-3H3,(H,22,24)(H,23,25). The van der Waals surface area contributed by atoms with Gasteiger partial charge in [-0.3, -0.25) is 20.4 Å². The molecule has 2 amide bonds. The van der Waals surface area contributed by atoms with Crippen LogP contribution in [0.5, 0.6) is 11.5 Å². The van der Waals surface area contributed by atoms with Gasteiger partial charge in [0, 0.05) is 4.47 Å². The molecular weight excluding hydrogens is 480 g/mol. The SMILES string of the molecule is Cc1cc(C)cc(OCC(=O)NNC(=O)COc2c(C)cc(Br)cc2Br)c1. The number of aryl methyl sites for hydroxylation is 3. The van der Waals surface area contributed by atoms with Crippen molar-refractivity contribution in [2.24, 2.45) is 0 Å². The van der Waals surface area contributed by atoms with Gasteiger partial charge in [0.05, 0.1) is 4.47 Å². The zero-order chi connectivity index (χ0) is 20.0. The highest BCUT2D eigenvalue weighted by molar-refractivity contribution is 9.11. The minimum atomic E-state index is -0.482. The van der Waals surface area contributed by atoms with Gasteiger partial charge in [-0.2, -0.15) is 0 Å². The Balaban J connectivity index is 1.76. The molecule has 27 heavy (non-hydrogen) atoms. The lowest BCUT2D eigenvalue weighted by Crippen LogP contribution is -2.45. The predicted octanol–water partition coefficient (Wildman–Crippen LogP) is 3.74. The molecule has 0 radical (unpaired) electrons. The lowest BCUT2D eigenvalue weighted by Gasteiger charge is -2.13. The zero-order valence-electron chi connectivity index (χ0n) is 15.2. The molecule has 2 N–H and O–H groups in total. The van der Waals surface area contributed by atoms with Gasteiger partial charge >= 0.3 is 0 Å². The van der Waals surface area contributed by atoms with Crippen LogP contribution in [-0.4, -0.2) is 25.0 Å². The van der Waals surface area contributed by atoms with Gasteiger partial charge in [-0.25, -0.2) is 0 Å². The number of carbonyl (C=O) groups excluding carboxylic acids is 2. The summed E-state index contributed by atoms with van der Waals surface area (Å²) in [5, 5.41) is 0. The van der Waals surface area contributed by atoms with Crippen molar-refractivity contribution in [3.8, 4) is 11.5 Å². The van der Waals surface area contributed by atoms with Gasteiger partial charge in [0.1, 0.15) is 11.5 Å². The van der Waals surface area contributed by atoms with Crippen molar-refractivity contribution in [1.82, 2.24) is 10.9 Å². The number of hydrogen-bond acceptors (Lipinski definition) is 4. The molecule has 6 nitrogen and oxygen atoms in total. The third-order valence-electron chi connectivity index (χ3n) is 3.45. The number of ether oxygens (including phenoxy) is 2. The quantitative estimate of drug-likeness (QED) is 0.593. The summed E-state index contributed by atoms with van der Waals surface area (Å²) in [6.07, 6.45) is 0. The van der Waals surface area contributed by atoms with E-state index in [0.717, 1.165) is 25.6 Å². The molecule has 2 aromatic carbocycles. The minimum Gasteiger partial charge on any atom is -0.484 e. The molecule has 0 aliphatic heterocycles. The van der Waals surface area contributed by atoms with Crippen molar-refractivity contribution in [1.29, 1.82) is 0 Å². The van der Waals surface area contributed by atoms with E-state index in [4.69, 9.17) is 9.47 Å². The lowest BCUT2D eigenvalue weighted by molar-refractivity contribution is -0.131. The van der Waals surface area contributed by atoms with Crippen molar-refractivity contribution < 1.29 is 19.1 Å². The molecule has 0 aromatic heterocycles. The van der Waals surface area contributed by atoms with E-state index in [1.54, 1.807) is 0 Å². The van der Waals surface area contributed by atoms with Crippen LogP contribution < -0.4 is 20.3 Å². The van der Waals surface area contributed by atoms with Crippen molar-refractivity contribution in [2.45, 2.75) is 20.8 Å². The lowest BCUT2D eigenvalue weighted by atomic mass is 10.1. The summed E-state index contributed by atoms with van der Waals surface area (Å²) < 4.78 is 12.6. The molecule has 0 saturated heterocycles. The van der Waals surface area contributed by atoms with Crippen molar-refractivity contribution in [2.75, 3.05) is 13.2 Å². The van der Waals surface area contributed by atoms with Gasteiger partial charge in [-0.05, 0) is 77.7 Å². The molecule has 0 spiro atoms. The third-order valence-corrected chi connectivity index (χ3v) is 4.50. The van der Waals surface area contributed by atoms with Gasteiger partial charge in [0.2, 0.25) is 0 Å². The van der Waals surface area contributed by atoms with Crippen molar-refractivity contribution >= 4 is 43.7 Å². The highest BCUT2D eigenvalue weighted by atomic mass is 79.9. The fraction of sp³-hybridized carbons (Fsp3) is 0.263. The number of amides is 2. The molecule has 0 saturated carbocycles. The van der Waals surface area contributed by atoms with Crippen LogP contribution in [0.25, 0.3) is 0 Å². The van der Waals surface area contributed by atoms with Gasteiger partial charge < -0.3 is 9.47 Å². The number of rotatable bonds is 6. The molecule has 0 fully saturated rings. The maximum atomic E-state index is 11.9. The summed E-state index contributed by atoms with van der Waals surface area (Å²) >= 11 is 6.77. The molecule has 2 rings (SSSR count). The van der Waals surface area contributed by atoms with E-state index < -0.39 is 11.8 Å². The first-order valence-corrected chi connectivity index (χ1v) is 9.70. The first-order valence-electron chi connectivity index (χ1n) is 8.12. The predicted molar refractivity (Wildman–Crippen MR) is 110 cm³/mol. The molecule has 0 atom stereocenters. The molecule has 0 bridgehead atoms. The van der Waals surface area contributed by atoms with Gasteiger partial charge in [-0.1, -0.05) is 22.0 Å². The summed E-state index contributed by atoms with van der Waals surface area (Å²) in [5.41, 5.74) is 7.55. The molecular formula is C19H20Br2N2O4. The Kier molecular flexibility index (Phi) is 7.67. The van der Waals surface area contributed by atoms with Crippen molar-refractivity contribution in [3.05, 3.63) is 56.0 Å². The Bertz CT molecular complexity index is 812. The first-order chi connectivity index (χ1) is 12.7. The van der Waals surface area contributed by atoms with Crippen LogP contribution in [0.1, 0.15) is 16.7 Å². The Hall–Kier alpha value is -2.06. The second-order valence-corrected chi connectivity index (χ2v) is 7.80. The van der Waals surface area contributed by atoms with Gasteiger partial charge in [0.25, 0.3) is 11.8 Å². The van der Waals surface area contributed by atoms with E-state index in [1.165, 1.54) is 0 Å². The molecule has 8 heteroatoms. The second-order valence-electron chi connectivity index (χ2n) is 6.03. The molecule has 0 heterocycles. The average Bonchev–Trinajstić information content (AvgIpc) is 2.56. The van der Waals surface area contributed by atoms with Crippen LogP contribution >= 0.6 is 31.9 Å². The van der Waals surface area contributed by atoms with E-state index in [9.17, 15) is 9.59 Å². The monoisotopic (exact) mass is 498 g/mol. The first kappa shape index (κ1) is 21.2. The summed E-state index contributed by atoms with van der Waals surface area (Å²) in [5.74, 6) is 0.221. The maximum Gasteiger partial charge on any atom is 0.276 e. The Labute approximate surface area is 174 Å². The number of hydrazine groups is 1. The molecule has 0 aliphatic rings. The van der Waals surface area contributed by atoms with E-state index in [-0.39, 0.29) is 13.2 Å². The third kappa shape index (κ3) is 6.88. The summed E-state index contributed by atoms with van der Waals surface area (Å²) in [6.45, 7) is 5.33. The minimum absolute atomic E-state index is 0.207. The summed E-state index contributed by atoms with van der Waals surface area (Å²) in [4.78, 5) is 23.7. The number of hydrogen-bond donors (Lipinski definition) is 2. The van der Waals surface area contributed by atoms with Gasteiger partial charge in [0.15, 0.2) is 13.2 Å². The van der Waals surface area contributed by atoms with Crippen LogP contribution in [-0.2, 0) is 9.59 Å². The van der Waals surface area contributed by atoms with Crippen LogP contribution in [0.4, 0.5) is 0 Å². The number of nitrogens with one attached hydrogen (secondary N) is 2. The smallest absolute Gasteiger partial charge is 0.276 e. The van der Waals surface area contributed by atoms with E-state index in [1.807, 2.05) is 51.1 Å². The summed E-state index contributed by atoms with van der Waals surface area (Å²) in [7, 11) is 0. The fourth-order valence-electron chi connectivity index (χ4n) is 2.39. The van der Waals surface area contributed by atoms with Crippen LogP contribution in [0.2, 0.25) is 0 Å². The molecule has 144 valence electrons. The Morgan fingerprint density at radius 1 is 0.852 bits per heavy atom. The molecule has 0 unspecified atom stereocenters. The van der Waals surface area contributed by atoms with Crippen LogP contribution in [0.3, 0.4) is 0 Å². The number of benzene rings is 2. The number of halogens is 2. The van der Waals surface area contributed by atoms with Crippen LogP contribution in [0.15, 0.2) is 39.3 Å². The Morgan fingerprint density at radius 2 is 1.41 bits per heavy atom. The molecule has 2 aromatic rings. The van der Waals surface area contributed by atoms with E-state index in [2.05, 4.69) is 42.7 Å². The highest BCUT2D eigenvalue weighted by Gasteiger charge is 2.11. The topological polar surface area (TPSA) is 76.7 Å². The largest absolute Gasteiger partial charge is 0.484 e. The Morgan fingerprint density at radius 3 is 1.96 bits per heavy atom. The normalized spacial score (nSPS) is 10.3.